The maximum atomic E-state index is 12.2. The minimum absolute atomic E-state index is 0.0193. The predicted molar refractivity (Wildman–Crippen MR) is 78.1 cm³/mol. The van der Waals surface area contributed by atoms with E-state index in [1.54, 1.807) is 0 Å². The minimum atomic E-state index is -3.70. The Balaban J connectivity index is 2.98. The quantitative estimate of drug-likeness (QED) is 0.531. The number of hydrogen-bond donors (Lipinski definition) is 2. The molecule has 21 heavy (non-hydrogen) atoms. The third kappa shape index (κ3) is 4.69. The lowest BCUT2D eigenvalue weighted by molar-refractivity contribution is 0.0600. The first kappa shape index (κ1) is 17.4. The van der Waals surface area contributed by atoms with E-state index in [4.69, 9.17) is 4.74 Å². The van der Waals surface area contributed by atoms with Crippen molar-refractivity contribution in [3.8, 4) is 5.75 Å². The number of benzene rings is 1. The zero-order valence-corrected chi connectivity index (χ0v) is 13.1. The summed E-state index contributed by atoms with van der Waals surface area (Å²) in [5.74, 6) is -0.466. The van der Waals surface area contributed by atoms with Gasteiger partial charge in [0.05, 0.1) is 19.8 Å². The number of nitrogens with one attached hydrogen (secondary N) is 2. The van der Waals surface area contributed by atoms with Crippen molar-refractivity contribution in [3.63, 3.8) is 0 Å². The van der Waals surface area contributed by atoms with E-state index in [1.807, 2.05) is 6.92 Å². The van der Waals surface area contributed by atoms with Gasteiger partial charge in [0.25, 0.3) is 0 Å². The van der Waals surface area contributed by atoms with E-state index in [9.17, 15) is 13.2 Å². The summed E-state index contributed by atoms with van der Waals surface area (Å²) < 4.78 is 36.5. The molecule has 0 aliphatic rings. The van der Waals surface area contributed by atoms with Gasteiger partial charge in [0.15, 0.2) is 0 Å². The van der Waals surface area contributed by atoms with Crippen LogP contribution in [0.3, 0.4) is 0 Å². The number of carbonyl (C=O) groups is 1. The maximum absolute atomic E-state index is 12.2. The highest BCUT2D eigenvalue weighted by Gasteiger charge is 2.20. The highest BCUT2D eigenvalue weighted by atomic mass is 32.2. The molecule has 0 heterocycles. The van der Waals surface area contributed by atoms with Gasteiger partial charge in [-0.1, -0.05) is 6.92 Å². The van der Waals surface area contributed by atoms with Crippen molar-refractivity contribution in [1.29, 1.82) is 0 Å². The van der Waals surface area contributed by atoms with Crippen LogP contribution < -0.4 is 14.8 Å². The normalized spacial score (nSPS) is 11.2. The van der Waals surface area contributed by atoms with Crippen molar-refractivity contribution in [3.05, 3.63) is 23.8 Å². The Labute approximate surface area is 124 Å². The van der Waals surface area contributed by atoms with Gasteiger partial charge in [-0.2, -0.15) is 0 Å². The topological polar surface area (TPSA) is 93.7 Å². The first-order valence-electron chi connectivity index (χ1n) is 6.43. The summed E-state index contributed by atoms with van der Waals surface area (Å²) in [5, 5.41) is 3.01. The molecule has 0 radical (unpaired) electrons. The van der Waals surface area contributed by atoms with E-state index in [1.165, 1.54) is 32.4 Å². The van der Waals surface area contributed by atoms with Gasteiger partial charge in [0.1, 0.15) is 10.6 Å². The second kappa shape index (κ2) is 7.96. The second-order valence-corrected chi connectivity index (χ2v) is 5.84. The van der Waals surface area contributed by atoms with Crippen LogP contribution in [0, 0.1) is 0 Å². The number of rotatable bonds is 8. The van der Waals surface area contributed by atoms with Gasteiger partial charge in [-0.15, -0.1) is 0 Å². The Bertz CT molecular complexity index is 586. The summed E-state index contributed by atoms with van der Waals surface area (Å²) in [6.45, 7) is 3.48. The molecule has 7 nitrogen and oxygen atoms in total. The van der Waals surface area contributed by atoms with E-state index in [-0.39, 0.29) is 22.8 Å². The Morgan fingerprint density at radius 1 is 1.24 bits per heavy atom. The molecule has 0 saturated carbocycles. The molecule has 1 aromatic carbocycles. The largest absolute Gasteiger partial charge is 0.495 e. The van der Waals surface area contributed by atoms with Gasteiger partial charge in [0, 0.05) is 13.1 Å². The molecule has 8 heteroatoms. The molecule has 0 spiro atoms. The van der Waals surface area contributed by atoms with Crippen LogP contribution in [-0.2, 0) is 14.8 Å². The van der Waals surface area contributed by atoms with E-state index >= 15 is 0 Å². The van der Waals surface area contributed by atoms with Crippen LogP contribution in [0.5, 0.6) is 5.75 Å². The molecular formula is C13H20N2O5S. The molecule has 0 aliphatic carbocycles. The number of ether oxygens (including phenoxy) is 2. The van der Waals surface area contributed by atoms with Crippen LogP contribution >= 0.6 is 0 Å². The molecule has 0 bridgehead atoms. The Morgan fingerprint density at radius 3 is 2.52 bits per heavy atom. The molecule has 1 rings (SSSR count). The number of likely N-dealkylation sites (N-methyl/N-ethyl adjacent to an activating group) is 1. The molecule has 0 aliphatic heterocycles. The van der Waals surface area contributed by atoms with Crippen LogP contribution in [0.25, 0.3) is 0 Å². The van der Waals surface area contributed by atoms with Gasteiger partial charge < -0.3 is 14.8 Å². The van der Waals surface area contributed by atoms with Crippen molar-refractivity contribution in [1.82, 2.24) is 10.0 Å². The van der Waals surface area contributed by atoms with E-state index < -0.39 is 16.0 Å². The SMILES string of the molecule is CCNCCNS(=O)(=O)c1ccc(C(=O)OC)cc1OC. The lowest BCUT2D eigenvalue weighted by Gasteiger charge is -2.12. The highest BCUT2D eigenvalue weighted by molar-refractivity contribution is 7.89. The van der Waals surface area contributed by atoms with Crippen molar-refractivity contribution in [2.75, 3.05) is 33.9 Å². The van der Waals surface area contributed by atoms with Crippen molar-refractivity contribution < 1.29 is 22.7 Å². The Kier molecular flexibility index (Phi) is 6.60. The smallest absolute Gasteiger partial charge is 0.337 e. The fourth-order valence-electron chi connectivity index (χ4n) is 1.66. The Morgan fingerprint density at radius 2 is 1.95 bits per heavy atom. The van der Waals surface area contributed by atoms with Crippen molar-refractivity contribution in [2.24, 2.45) is 0 Å². The number of carbonyl (C=O) groups excluding carboxylic acids is 1. The van der Waals surface area contributed by atoms with E-state index in [0.29, 0.717) is 6.54 Å². The lowest BCUT2D eigenvalue weighted by Crippen LogP contribution is -2.32. The first-order valence-corrected chi connectivity index (χ1v) is 7.91. The van der Waals surface area contributed by atoms with Crippen molar-refractivity contribution >= 4 is 16.0 Å². The first-order chi connectivity index (χ1) is 9.96. The average Bonchev–Trinajstić information content (AvgIpc) is 2.50. The summed E-state index contributed by atoms with van der Waals surface area (Å²) in [6.07, 6.45) is 0. The molecule has 0 atom stereocenters. The summed E-state index contributed by atoms with van der Waals surface area (Å²) >= 11 is 0. The summed E-state index contributed by atoms with van der Waals surface area (Å²) in [5.41, 5.74) is 0.223. The standard InChI is InChI=1S/C13H20N2O5S/c1-4-14-7-8-15-21(17,18)12-6-5-10(13(16)20-3)9-11(12)19-2/h5-6,9,14-15H,4,7-8H2,1-3H3. The molecular weight excluding hydrogens is 296 g/mol. The molecule has 0 aromatic heterocycles. The van der Waals surface area contributed by atoms with Gasteiger partial charge in [-0.25, -0.2) is 17.9 Å². The fraction of sp³-hybridized carbons (Fsp3) is 0.462. The average molecular weight is 316 g/mol. The lowest BCUT2D eigenvalue weighted by atomic mass is 10.2. The zero-order chi connectivity index (χ0) is 15.9. The number of hydrogen-bond acceptors (Lipinski definition) is 6. The molecule has 0 unspecified atom stereocenters. The minimum Gasteiger partial charge on any atom is -0.495 e. The summed E-state index contributed by atoms with van der Waals surface area (Å²) in [4.78, 5) is 11.4. The summed E-state index contributed by atoms with van der Waals surface area (Å²) in [7, 11) is -1.11. The number of sulfonamides is 1. The predicted octanol–water partition coefficient (Wildman–Crippen LogP) is 0.370. The number of methoxy groups -OCH3 is 2. The van der Waals surface area contributed by atoms with Crippen LogP contribution in [0.15, 0.2) is 23.1 Å². The summed E-state index contributed by atoms with van der Waals surface area (Å²) in [6, 6.07) is 4.04. The molecule has 0 amide bonds. The molecule has 1 aromatic rings. The second-order valence-electron chi connectivity index (χ2n) is 4.11. The fourth-order valence-corrected chi connectivity index (χ4v) is 2.84. The van der Waals surface area contributed by atoms with E-state index in [2.05, 4.69) is 14.8 Å². The van der Waals surface area contributed by atoms with Crippen molar-refractivity contribution in [2.45, 2.75) is 11.8 Å². The maximum Gasteiger partial charge on any atom is 0.337 e. The monoisotopic (exact) mass is 316 g/mol. The van der Waals surface area contributed by atoms with Crippen LogP contribution in [-0.4, -0.2) is 48.2 Å². The van der Waals surface area contributed by atoms with Gasteiger partial charge in [-0.3, -0.25) is 0 Å². The molecule has 0 fully saturated rings. The highest BCUT2D eigenvalue weighted by Crippen LogP contribution is 2.25. The van der Waals surface area contributed by atoms with Crippen LogP contribution in [0.1, 0.15) is 17.3 Å². The van der Waals surface area contributed by atoms with Crippen LogP contribution in [0.4, 0.5) is 0 Å². The molecule has 118 valence electrons. The molecule has 0 saturated heterocycles. The molecule has 2 N–H and O–H groups in total. The van der Waals surface area contributed by atoms with Gasteiger partial charge in [-0.05, 0) is 24.7 Å². The Hall–Kier alpha value is -1.64. The van der Waals surface area contributed by atoms with Gasteiger partial charge >= 0.3 is 5.97 Å². The third-order valence-electron chi connectivity index (χ3n) is 2.72. The van der Waals surface area contributed by atoms with Gasteiger partial charge in [0.2, 0.25) is 10.0 Å². The number of esters is 1. The zero-order valence-electron chi connectivity index (χ0n) is 12.3. The van der Waals surface area contributed by atoms with Crippen LogP contribution in [0.2, 0.25) is 0 Å². The third-order valence-corrected chi connectivity index (χ3v) is 4.22. The van der Waals surface area contributed by atoms with E-state index in [0.717, 1.165) is 6.54 Å².